The van der Waals surface area contributed by atoms with Crippen molar-refractivity contribution in [3.05, 3.63) is 32.8 Å². The first-order valence-corrected chi connectivity index (χ1v) is 4.00. The molecule has 60 valence electrons. The molecule has 4 heteroatoms. The SMILES string of the molecule is Cc1c(Br)cc(Cl)c(F)c1F. The number of rotatable bonds is 0. The number of halogens is 4. The fraction of sp³-hybridized carbons (Fsp3) is 0.143. The Morgan fingerprint density at radius 3 is 2.45 bits per heavy atom. The average Bonchev–Trinajstić information content (AvgIpc) is 1.97. The van der Waals surface area contributed by atoms with E-state index in [1.165, 1.54) is 13.0 Å². The normalized spacial score (nSPS) is 10.3. The lowest BCUT2D eigenvalue weighted by atomic mass is 10.2. The Kier molecular flexibility index (Phi) is 2.50. The molecule has 1 aromatic carbocycles. The number of benzene rings is 1. The van der Waals surface area contributed by atoms with Gasteiger partial charge in [-0.2, -0.15) is 0 Å². The third kappa shape index (κ3) is 1.54. The second-order valence-electron chi connectivity index (χ2n) is 2.09. The van der Waals surface area contributed by atoms with Crippen molar-refractivity contribution in [1.82, 2.24) is 0 Å². The Labute approximate surface area is 76.3 Å². The lowest BCUT2D eigenvalue weighted by Crippen LogP contribution is -1.90. The molecule has 11 heavy (non-hydrogen) atoms. The summed E-state index contributed by atoms with van der Waals surface area (Å²) in [6.45, 7) is 1.47. The first-order chi connectivity index (χ1) is 5.04. The summed E-state index contributed by atoms with van der Waals surface area (Å²) in [5, 5.41) is -0.208. The third-order valence-electron chi connectivity index (χ3n) is 1.34. The van der Waals surface area contributed by atoms with Crippen LogP contribution in [0.15, 0.2) is 10.5 Å². The van der Waals surface area contributed by atoms with Crippen LogP contribution in [0.25, 0.3) is 0 Å². The summed E-state index contributed by atoms with van der Waals surface area (Å²) < 4.78 is 25.9. The molecule has 0 aromatic heterocycles. The summed E-state index contributed by atoms with van der Waals surface area (Å²) in [6, 6.07) is 1.33. The van der Waals surface area contributed by atoms with Gasteiger partial charge in [-0.25, -0.2) is 8.78 Å². The van der Waals surface area contributed by atoms with Crippen LogP contribution in [0, 0.1) is 18.6 Å². The zero-order chi connectivity index (χ0) is 8.59. The maximum absolute atomic E-state index is 12.8. The van der Waals surface area contributed by atoms with E-state index in [0.717, 1.165) is 0 Å². The maximum Gasteiger partial charge on any atom is 0.177 e. The average molecular weight is 241 g/mol. The molecule has 0 fully saturated rings. The summed E-state index contributed by atoms with van der Waals surface area (Å²) in [6.07, 6.45) is 0. The van der Waals surface area contributed by atoms with Crippen LogP contribution in [-0.2, 0) is 0 Å². The minimum absolute atomic E-state index is 0.208. The van der Waals surface area contributed by atoms with Crippen LogP contribution >= 0.6 is 27.5 Å². The molecule has 0 unspecified atom stereocenters. The van der Waals surface area contributed by atoms with Gasteiger partial charge in [-0.3, -0.25) is 0 Å². The summed E-state index contributed by atoms with van der Waals surface area (Å²) in [7, 11) is 0. The lowest BCUT2D eigenvalue weighted by Gasteiger charge is -2.01. The van der Waals surface area contributed by atoms with Crippen LogP contribution in [-0.4, -0.2) is 0 Å². The molecule has 0 bridgehead atoms. The number of hydrogen-bond acceptors (Lipinski definition) is 0. The molecule has 0 heterocycles. The van der Waals surface area contributed by atoms with Crippen molar-refractivity contribution >= 4 is 27.5 Å². The second-order valence-corrected chi connectivity index (χ2v) is 3.35. The highest BCUT2D eigenvalue weighted by atomic mass is 79.9. The van der Waals surface area contributed by atoms with Gasteiger partial charge in [0.15, 0.2) is 11.6 Å². The van der Waals surface area contributed by atoms with Crippen molar-refractivity contribution in [2.75, 3.05) is 0 Å². The molecular formula is C7H4BrClF2. The van der Waals surface area contributed by atoms with Gasteiger partial charge in [0.2, 0.25) is 0 Å². The molecule has 0 aliphatic carbocycles. The molecule has 0 aliphatic rings. The van der Waals surface area contributed by atoms with Gasteiger partial charge in [0, 0.05) is 10.0 Å². The van der Waals surface area contributed by atoms with E-state index in [9.17, 15) is 8.78 Å². The van der Waals surface area contributed by atoms with E-state index in [2.05, 4.69) is 15.9 Å². The summed E-state index contributed by atoms with van der Waals surface area (Å²) in [5.74, 6) is -1.89. The van der Waals surface area contributed by atoms with Crippen molar-refractivity contribution in [2.24, 2.45) is 0 Å². The van der Waals surface area contributed by atoms with E-state index in [1.807, 2.05) is 0 Å². The fourth-order valence-corrected chi connectivity index (χ4v) is 1.38. The van der Waals surface area contributed by atoms with Crippen molar-refractivity contribution in [1.29, 1.82) is 0 Å². The van der Waals surface area contributed by atoms with Gasteiger partial charge in [0.05, 0.1) is 5.02 Å². The van der Waals surface area contributed by atoms with E-state index in [1.54, 1.807) is 0 Å². The Morgan fingerprint density at radius 2 is 1.91 bits per heavy atom. The molecule has 0 amide bonds. The molecule has 0 spiro atoms. The highest BCUT2D eigenvalue weighted by molar-refractivity contribution is 9.10. The van der Waals surface area contributed by atoms with E-state index in [-0.39, 0.29) is 10.6 Å². The first kappa shape index (κ1) is 8.94. The Balaban J connectivity index is 3.46. The van der Waals surface area contributed by atoms with Crippen molar-refractivity contribution in [3.63, 3.8) is 0 Å². The Bertz CT molecular complexity index is 273. The molecule has 0 N–H and O–H groups in total. The minimum Gasteiger partial charge on any atom is -0.203 e. The zero-order valence-corrected chi connectivity index (χ0v) is 7.93. The lowest BCUT2D eigenvalue weighted by molar-refractivity contribution is 0.502. The molecular weight excluding hydrogens is 237 g/mol. The van der Waals surface area contributed by atoms with Crippen LogP contribution < -0.4 is 0 Å². The smallest absolute Gasteiger partial charge is 0.177 e. The van der Waals surface area contributed by atoms with Crippen molar-refractivity contribution in [2.45, 2.75) is 6.92 Å². The van der Waals surface area contributed by atoms with Crippen LogP contribution in [0.1, 0.15) is 5.56 Å². The zero-order valence-electron chi connectivity index (χ0n) is 5.59. The van der Waals surface area contributed by atoms with E-state index in [4.69, 9.17) is 11.6 Å². The molecule has 0 saturated carbocycles. The van der Waals surface area contributed by atoms with Gasteiger partial charge in [-0.1, -0.05) is 27.5 Å². The minimum atomic E-state index is -0.993. The predicted molar refractivity (Wildman–Crippen MR) is 43.8 cm³/mol. The molecule has 0 aliphatic heterocycles. The topological polar surface area (TPSA) is 0 Å². The van der Waals surface area contributed by atoms with Gasteiger partial charge in [-0.05, 0) is 13.0 Å². The predicted octanol–water partition coefficient (Wildman–Crippen LogP) is 3.69. The molecule has 0 radical (unpaired) electrons. The molecule has 1 aromatic rings. The van der Waals surface area contributed by atoms with E-state index >= 15 is 0 Å². The molecule has 0 atom stereocenters. The summed E-state index contributed by atoms with van der Waals surface area (Å²) in [4.78, 5) is 0. The van der Waals surface area contributed by atoms with Gasteiger partial charge in [-0.15, -0.1) is 0 Å². The molecule has 1 rings (SSSR count). The van der Waals surface area contributed by atoms with E-state index in [0.29, 0.717) is 4.47 Å². The maximum atomic E-state index is 12.8. The van der Waals surface area contributed by atoms with Gasteiger partial charge < -0.3 is 0 Å². The highest BCUT2D eigenvalue weighted by Gasteiger charge is 2.12. The Morgan fingerprint density at radius 1 is 1.36 bits per heavy atom. The summed E-state index contributed by atoms with van der Waals surface area (Å²) in [5.41, 5.74) is 0.229. The van der Waals surface area contributed by atoms with Crippen LogP contribution in [0.4, 0.5) is 8.78 Å². The van der Waals surface area contributed by atoms with Crippen LogP contribution in [0.5, 0.6) is 0 Å². The third-order valence-corrected chi connectivity index (χ3v) is 2.44. The largest absolute Gasteiger partial charge is 0.203 e. The quantitative estimate of drug-likeness (QED) is 0.480. The first-order valence-electron chi connectivity index (χ1n) is 2.83. The standard InChI is InChI=1S/C7H4BrClF2/c1-3-4(8)2-5(9)7(11)6(3)10/h2H,1H3. The van der Waals surface area contributed by atoms with Crippen LogP contribution in [0.2, 0.25) is 5.02 Å². The van der Waals surface area contributed by atoms with Crippen LogP contribution in [0.3, 0.4) is 0 Å². The van der Waals surface area contributed by atoms with Gasteiger partial charge >= 0.3 is 0 Å². The fourth-order valence-electron chi connectivity index (χ4n) is 0.657. The van der Waals surface area contributed by atoms with Gasteiger partial charge in [0.1, 0.15) is 0 Å². The Hall–Kier alpha value is -0.150. The highest BCUT2D eigenvalue weighted by Crippen LogP contribution is 2.27. The molecule has 0 saturated heterocycles. The van der Waals surface area contributed by atoms with E-state index < -0.39 is 11.6 Å². The van der Waals surface area contributed by atoms with Gasteiger partial charge in [0.25, 0.3) is 0 Å². The summed E-state index contributed by atoms with van der Waals surface area (Å²) >= 11 is 8.39. The second kappa shape index (κ2) is 3.07. The molecule has 0 nitrogen and oxygen atoms in total. The van der Waals surface area contributed by atoms with Crippen molar-refractivity contribution < 1.29 is 8.78 Å². The number of hydrogen-bond donors (Lipinski definition) is 0. The monoisotopic (exact) mass is 240 g/mol. The van der Waals surface area contributed by atoms with Crippen molar-refractivity contribution in [3.8, 4) is 0 Å².